The number of thioether (sulfide) groups is 1. The smallest absolute Gasteiger partial charge is 0.548 e. The maximum absolute atomic E-state index is 12.2. The number of rotatable bonds is 5. The topological polar surface area (TPSA) is 98.8 Å². The Morgan fingerprint density at radius 3 is 2.56 bits per heavy atom. The van der Waals surface area contributed by atoms with E-state index in [0.717, 1.165) is 0 Å². The summed E-state index contributed by atoms with van der Waals surface area (Å²) in [5.74, 6) is -1.55. The van der Waals surface area contributed by atoms with Crippen LogP contribution in [0.5, 0.6) is 5.75 Å². The number of amides is 2. The minimum absolute atomic E-state index is 0. The van der Waals surface area contributed by atoms with Crippen LogP contribution in [-0.2, 0) is 14.4 Å². The molecule has 0 aromatic heterocycles. The number of nitrogens with zero attached hydrogens (tertiary/aromatic N) is 1. The van der Waals surface area contributed by atoms with Crippen molar-refractivity contribution in [2.75, 3.05) is 6.61 Å². The Bertz CT molecular complexity index is 684. The monoisotopic (exact) mass is 372 g/mol. The Morgan fingerprint density at radius 2 is 1.96 bits per heavy atom. The summed E-state index contributed by atoms with van der Waals surface area (Å²) >= 11 is 1.35. The second-order valence-corrected chi connectivity index (χ2v) is 8.00. The number of hydrogen-bond donors (Lipinski definition) is 1. The first-order chi connectivity index (χ1) is 11.3. The van der Waals surface area contributed by atoms with Crippen LogP contribution < -0.4 is 44.7 Å². The average molecular weight is 372 g/mol. The number of para-hydroxylation sites is 1. The van der Waals surface area contributed by atoms with Gasteiger partial charge in [-0.3, -0.25) is 9.59 Å². The third-order valence-electron chi connectivity index (χ3n) is 4.09. The number of nitrogens with one attached hydrogen (secondary N) is 1. The van der Waals surface area contributed by atoms with Crippen LogP contribution in [0.4, 0.5) is 0 Å². The predicted octanol–water partition coefficient (Wildman–Crippen LogP) is -3.63. The van der Waals surface area contributed by atoms with E-state index < -0.39 is 40.0 Å². The van der Waals surface area contributed by atoms with Crippen molar-refractivity contribution in [3.05, 3.63) is 30.3 Å². The summed E-state index contributed by atoms with van der Waals surface area (Å²) in [5, 5.41) is 13.5. The minimum atomic E-state index is -1.28. The molecular weight excluding hydrogens is 355 g/mol. The van der Waals surface area contributed by atoms with Crippen LogP contribution in [-0.4, -0.2) is 51.5 Å². The maximum Gasteiger partial charge on any atom is 1.00 e. The quantitative estimate of drug-likeness (QED) is 0.423. The van der Waals surface area contributed by atoms with Gasteiger partial charge < -0.3 is 24.9 Å². The van der Waals surface area contributed by atoms with Crippen molar-refractivity contribution in [2.24, 2.45) is 0 Å². The van der Waals surface area contributed by atoms with Crippen molar-refractivity contribution in [3.8, 4) is 5.75 Å². The van der Waals surface area contributed by atoms with Crippen molar-refractivity contribution < 1.29 is 53.8 Å². The van der Waals surface area contributed by atoms with Gasteiger partial charge in [-0.1, -0.05) is 18.2 Å². The van der Waals surface area contributed by atoms with Crippen LogP contribution >= 0.6 is 11.8 Å². The number of benzene rings is 1. The van der Waals surface area contributed by atoms with Crippen LogP contribution in [0.2, 0.25) is 0 Å². The summed E-state index contributed by atoms with van der Waals surface area (Å²) in [4.78, 5) is 36.8. The molecule has 2 amide bonds. The average Bonchev–Trinajstić information content (AvgIpc) is 2.80. The summed E-state index contributed by atoms with van der Waals surface area (Å²) in [6.45, 7) is 3.29. The van der Waals surface area contributed by atoms with Gasteiger partial charge in [-0.05, 0) is 26.0 Å². The van der Waals surface area contributed by atoms with E-state index in [2.05, 4.69) is 5.32 Å². The van der Waals surface area contributed by atoms with E-state index in [9.17, 15) is 19.5 Å². The Kier molecular flexibility index (Phi) is 6.09. The first-order valence-electron chi connectivity index (χ1n) is 7.49. The number of aliphatic carboxylic acids is 1. The molecule has 3 rings (SSSR count). The van der Waals surface area contributed by atoms with Crippen LogP contribution in [0, 0.1) is 0 Å². The molecule has 0 spiro atoms. The molecule has 2 aliphatic rings. The van der Waals surface area contributed by atoms with Gasteiger partial charge in [0.2, 0.25) is 5.91 Å². The maximum atomic E-state index is 12.2. The van der Waals surface area contributed by atoms with Gasteiger partial charge in [0.05, 0.1) is 12.0 Å². The zero-order valence-corrected chi connectivity index (χ0v) is 17.0. The van der Waals surface area contributed by atoms with Crippen molar-refractivity contribution in [2.45, 2.75) is 36.1 Å². The summed E-state index contributed by atoms with van der Waals surface area (Å²) in [6, 6.07) is 7.14. The normalized spacial score (nSPS) is 26.1. The van der Waals surface area contributed by atoms with Crippen LogP contribution in [0.1, 0.15) is 13.8 Å². The van der Waals surface area contributed by atoms with E-state index in [1.807, 2.05) is 6.07 Å². The molecule has 128 valence electrons. The Hall–Kier alpha value is -1.22. The number of carbonyl (C=O) groups excluding carboxylic acids is 3. The van der Waals surface area contributed by atoms with Gasteiger partial charge in [0, 0.05) is 4.75 Å². The fraction of sp³-hybridized carbons (Fsp3) is 0.438. The van der Waals surface area contributed by atoms with Crippen LogP contribution in [0.15, 0.2) is 30.3 Å². The van der Waals surface area contributed by atoms with Crippen LogP contribution in [0.3, 0.4) is 0 Å². The Labute approximate surface area is 171 Å². The minimum Gasteiger partial charge on any atom is -0.548 e. The molecule has 1 N–H and O–H groups in total. The molecule has 2 aliphatic heterocycles. The van der Waals surface area contributed by atoms with Gasteiger partial charge in [-0.2, -0.15) is 0 Å². The molecule has 2 heterocycles. The molecule has 2 saturated heterocycles. The standard InChI is InChI=1S/C16H18N2O5S.Na/c1-16(2)12(15(21)22)18-13(20)11(14(18)24-16)17-10(19)8-23-9-6-4-3-5-7-9;/h3-7,11-12,14H,8H2,1-2H3,(H,17,19)(H,21,22);/q;+1/p-1/t11-,12+,14-;/m1./s1. The third kappa shape index (κ3) is 3.81. The van der Waals surface area contributed by atoms with Gasteiger partial charge in [0.25, 0.3) is 5.91 Å². The van der Waals surface area contributed by atoms with E-state index in [1.165, 1.54) is 16.7 Å². The Morgan fingerprint density at radius 1 is 1.32 bits per heavy atom. The zero-order chi connectivity index (χ0) is 17.5. The summed E-state index contributed by atoms with van der Waals surface area (Å²) in [7, 11) is 0. The number of carbonyl (C=O) groups is 3. The van der Waals surface area contributed by atoms with Crippen molar-refractivity contribution in [3.63, 3.8) is 0 Å². The Balaban J connectivity index is 0.00000225. The number of ether oxygens (including phenoxy) is 1. The molecule has 9 heteroatoms. The number of carboxylic acids is 1. The molecule has 0 bridgehead atoms. The molecule has 1 aromatic carbocycles. The first-order valence-corrected chi connectivity index (χ1v) is 8.37. The van der Waals surface area contributed by atoms with Crippen molar-refractivity contribution in [1.29, 1.82) is 0 Å². The van der Waals surface area contributed by atoms with E-state index in [-0.39, 0.29) is 36.2 Å². The molecule has 25 heavy (non-hydrogen) atoms. The SMILES string of the molecule is CC1(C)S[C@@H]2[C@H](NC(=O)COc3ccccc3)C(=O)N2[C@H]1C(=O)[O-].[Na+]. The van der Waals surface area contributed by atoms with E-state index in [1.54, 1.807) is 38.1 Å². The van der Waals surface area contributed by atoms with E-state index in [0.29, 0.717) is 5.75 Å². The van der Waals surface area contributed by atoms with Crippen LogP contribution in [0.25, 0.3) is 0 Å². The van der Waals surface area contributed by atoms with Gasteiger partial charge >= 0.3 is 29.6 Å². The largest absolute Gasteiger partial charge is 1.00 e. The predicted molar refractivity (Wildman–Crippen MR) is 85.0 cm³/mol. The molecule has 2 fully saturated rings. The van der Waals surface area contributed by atoms with E-state index in [4.69, 9.17) is 4.74 Å². The summed E-state index contributed by atoms with van der Waals surface area (Å²) in [6.07, 6.45) is 0. The second-order valence-electron chi connectivity index (χ2n) is 6.23. The molecular formula is C16H17N2NaO5S. The van der Waals surface area contributed by atoms with E-state index >= 15 is 0 Å². The molecule has 0 aliphatic carbocycles. The van der Waals surface area contributed by atoms with Gasteiger partial charge in [-0.15, -0.1) is 11.8 Å². The number of hydrogen-bond acceptors (Lipinski definition) is 6. The van der Waals surface area contributed by atoms with Gasteiger partial charge in [0.15, 0.2) is 6.61 Å². The summed E-state index contributed by atoms with van der Waals surface area (Å²) < 4.78 is 4.67. The summed E-state index contributed by atoms with van der Waals surface area (Å²) in [5.41, 5.74) is 0. The van der Waals surface area contributed by atoms with Crippen molar-refractivity contribution >= 4 is 29.5 Å². The number of carboxylic acid groups (broad SMARTS) is 1. The molecule has 0 saturated carbocycles. The fourth-order valence-electron chi connectivity index (χ4n) is 3.01. The van der Waals surface area contributed by atoms with Crippen molar-refractivity contribution in [1.82, 2.24) is 10.2 Å². The third-order valence-corrected chi connectivity index (χ3v) is 5.67. The second kappa shape index (κ2) is 7.57. The van der Waals surface area contributed by atoms with Gasteiger partial charge in [0.1, 0.15) is 17.2 Å². The number of fused-ring (bicyclic) bond motifs is 1. The molecule has 0 unspecified atom stereocenters. The molecule has 7 nitrogen and oxygen atoms in total. The van der Waals surface area contributed by atoms with Gasteiger partial charge in [-0.25, -0.2) is 0 Å². The molecule has 3 atom stereocenters. The molecule has 0 radical (unpaired) electrons. The zero-order valence-electron chi connectivity index (χ0n) is 14.2. The molecule has 1 aromatic rings. The number of β-lactam (4-membered cyclic amide) rings is 1. The first kappa shape index (κ1) is 20.1. The fourth-order valence-corrected chi connectivity index (χ4v) is 4.63.